The summed E-state index contributed by atoms with van der Waals surface area (Å²) >= 11 is 0. The first-order chi connectivity index (χ1) is 7.67. The lowest BCUT2D eigenvalue weighted by atomic mass is 10.2. The van der Waals surface area contributed by atoms with E-state index >= 15 is 0 Å². The van der Waals surface area contributed by atoms with Gasteiger partial charge in [0.05, 0.1) is 13.0 Å². The maximum Gasteiger partial charge on any atom is 0.311 e. The van der Waals surface area contributed by atoms with E-state index in [1.165, 1.54) is 12.7 Å². The standard InChI is InChI=1S/C13H18O3/c1-4-11-5-7-12(8-6-11)16-9-10(2)13(14)15-3/h5-8,10H,4,9H2,1-3H3. The molecule has 0 radical (unpaired) electrons. The van der Waals surface area contributed by atoms with E-state index in [2.05, 4.69) is 11.7 Å². The van der Waals surface area contributed by atoms with Crippen LogP contribution < -0.4 is 4.74 Å². The van der Waals surface area contributed by atoms with Gasteiger partial charge in [-0.2, -0.15) is 0 Å². The molecule has 0 saturated carbocycles. The Morgan fingerprint density at radius 1 is 1.31 bits per heavy atom. The van der Waals surface area contributed by atoms with E-state index in [-0.39, 0.29) is 11.9 Å². The van der Waals surface area contributed by atoms with Crippen LogP contribution in [0.5, 0.6) is 5.75 Å². The second-order valence-corrected chi connectivity index (χ2v) is 3.73. The average Bonchev–Trinajstić information content (AvgIpc) is 2.35. The minimum absolute atomic E-state index is 0.240. The van der Waals surface area contributed by atoms with Gasteiger partial charge in [-0.05, 0) is 31.0 Å². The minimum Gasteiger partial charge on any atom is -0.493 e. The highest BCUT2D eigenvalue weighted by molar-refractivity contribution is 5.71. The maximum absolute atomic E-state index is 11.1. The molecule has 0 bridgehead atoms. The van der Waals surface area contributed by atoms with Crippen LogP contribution in [0.4, 0.5) is 0 Å². The monoisotopic (exact) mass is 222 g/mol. The van der Waals surface area contributed by atoms with Crippen LogP contribution in [0.1, 0.15) is 19.4 Å². The third-order valence-corrected chi connectivity index (χ3v) is 2.44. The smallest absolute Gasteiger partial charge is 0.311 e. The molecule has 0 aromatic heterocycles. The first-order valence-corrected chi connectivity index (χ1v) is 5.47. The second-order valence-electron chi connectivity index (χ2n) is 3.73. The number of esters is 1. The first kappa shape index (κ1) is 12.6. The molecule has 0 fully saturated rings. The van der Waals surface area contributed by atoms with Gasteiger partial charge >= 0.3 is 5.97 Å². The molecule has 0 amide bonds. The normalized spacial score (nSPS) is 11.9. The van der Waals surface area contributed by atoms with Gasteiger partial charge in [-0.3, -0.25) is 4.79 Å². The fourth-order valence-electron chi connectivity index (χ4n) is 1.31. The van der Waals surface area contributed by atoms with Gasteiger partial charge in [-0.1, -0.05) is 19.1 Å². The van der Waals surface area contributed by atoms with Crippen LogP contribution in [0.2, 0.25) is 0 Å². The second kappa shape index (κ2) is 6.16. The van der Waals surface area contributed by atoms with Crippen molar-refractivity contribution in [3.8, 4) is 5.75 Å². The van der Waals surface area contributed by atoms with Crippen LogP contribution in [0, 0.1) is 5.92 Å². The lowest BCUT2D eigenvalue weighted by Gasteiger charge is -2.11. The third kappa shape index (κ3) is 3.57. The van der Waals surface area contributed by atoms with Crippen molar-refractivity contribution in [2.75, 3.05) is 13.7 Å². The molecule has 0 N–H and O–H groups in total. The van der Waals surface area contributed by atoms with E-state index in [0.29, 0.717) is 6.61 Å². The summed E-state index contributed by atoms with van der Waals surface area (Å²) in [4.78, 5) is 11.1. The number of ether oxygens (including phenoxy) is 2. The van der Waals surface area contributed by atoms with Gasteiger partial charge in [0.1, 0.15) is 12.4 Å². The molecule has 0 aliphatic heterocycles. The molecule has 1 unspecified atom stereocenters. The van der Waals surface area contributed by atoms with Gasteiger partial charge in [0.15, 0.2) is 0 Å². The number of methoxy groups -OCH3 is 1. The fraction of sp³-hybridized carbons (Fsp3) is 0.462. The molecule has 0 aliphatic rings. The summed E-state index contributed by atoms with van der Waals surface area (Å²) in [6.07, 6.45) is 1.01. The van der Waals surface area contributed by atoms with Crippen LogP contribution in [0.25, 0.3) is 0 Å². The Hall–Kier alpha value is -1.51. The molecule has 0 spiro atoms. The average molecular weight is 222 g/mol. The van der Waals surface area contributed by atoms with Crippen molar-refractivity contribution in [1.29, 1.82) is 0 Å². The number of aryl methyl sites for hydroxylation is 1. The van der Waals surface area contributed by atoms with E-state index in [0.717, 1.165) is 12.2 Å². The quantitative estimate of drug-likeness (QED) is 0.718. The van der Waals surface area contributed by atoms with Crippen molar-refractivity contribution >= 4 is 5.97 Å². The van der Waals surface area contributed by atoms with E-state index in [4.69, 9.17) is 4.74 Å². The van der Waals surface area contributed by atoms with Crippen molar-refractivity contribution < 1.29 is 14.3 Å². The molecule has 88 valence electrons. The SMILES string of the molecule is CCc1ccc(OCC(C)C(=O)OC)cc1. The van der Waals surface area contributed by atoms with E-state index < -0.39 is 0 Å². The molecule has 1 aromatic carbocycles. The highest BCUT2D eigenvalue weighted by Gasteiger charge is 2.13. The number of carbonyl (C=O) groups is 1. The zero-order chi connectivity index (χ0) is 12.0. The van der Waals surface area contributed by atoms with Crippen LogP contribution >= 0.6 is 0 Å². The molecular formula is C13H18O3. The summed E-state index contributed by atoms with van der Waals surface area (Å²) in [5.41, 5.74) is 1.27. The summed E-state index contributed by atoms with van der Waals surface area (Å²) in [6, 6.07) is 7.89. The van der Waals surface area contributed by atoms with Gasteiger partial charge in [-0.15, -0.1) is 0 Å². The number of carbonyl (C=O) groups excluding carboxylic acids is 1. The molecule has 1 atom stereocenters. The topological polar surface area (TPSA) is 35.5 Å². The predicted molar refractivity (Wildman–Crippen MR) is 62.5 cm³/mol. The third-order valence-electron chi connectivity index (χ3n) is 2.44. The van der Waals surface area contributed by atoms with E-state index in [1.54, 1.807) is 6.92 Å². The Labute approximate surface area is 96.4 Å². The molecule has 16 heavy (non-hydrogen) atoms. The zero-order valence-corrected chi connectivity index (χ0v) is 10.0. The van der Waals surface area contributed by atoms with Crippen molar-refractivity contribution in [2.24, 2.45) is 5.92 Å². The first-order valence-electron chi connectivity index (χ1n) is 5.47. The van der Waals surface area contributed by atoms with E-state index in [9.17, 15) is 4.79 Å². The Morgan fingerprint density at radius 3 is 2.44 bits per heavy atom. The fourth-order valence-corrected chi connectivity index (χ4v) is 1.31. The summed E-state index contributed by atoms with van der Waals surface area (Å²) in [5.74, 6) is 0.300. The number of benzene rings is 1. The molecular weight excluding hydrogens is 204 g/mol. The van der Waals surface area contributed by atoms with Crippen LogP contribution in [-0.4, -0.2) is 19.7 Å². The summed E-state index contributed by atoms with van der Waals surface area (Å²) in [7, 11) is 1.38. The molecule has 3 heteroatoms. The molecule has 0 saturated heterocycles. The van der Waals surface area contributed by atoms with Crippen molar-refractivity contribution in [1.82, 2.24) is 0 Å². The van der Waals surface area contributed by atoms with Gasteiger partial charge in [0.2, 0.25) is 0 Å². The van der Waals surface area contributed by atoms with Crippen LogP contribution in [0.3, 0.4) is 0 Å². The van der Waals surface area contributed by atoms with Gasteiger partial charge in [-0.25, -0.2) is 0 Å². The number of rotatable bonds is 5. The number of hydrogen-bond acceptors (Lipinski definition) is 3. The minimum atomic E-state index is -0.245. The van der Waals surface area contributed by atoms with Gasteiger partial charge in [0.25, 0.3) is 0 Å². The van der Waals surface area contributed by atoms with Crippen molar-refractivity contribution in [2.45, 2.75) is 20.3 Å². The Bertz CT molecular complexity index is 330. The van der Waals surface area contributed by atoms with E-state index in [1.807, 2.05) is 24.3 Å². The summed E-state index contributed by atoms with van der Waals surface area (Å²) in [5, 5.41) is 0. The summed E-state index contributed by atoms with van der Waals surface area (Å²) in [6.45, 7) is 4.24. The zero-order valence-electron chi connectivity index (χ0n) is 10.0. The molecule has 0 aliphatic carbocycles. The van der Waals surface area contributed by atoms with Crippen molar-refractivity contribution in [3.63, 3.8) is 0 Å². The Balaban J connectivity index is 2.45. The van der Waals surface area contributed by atoms with Gasteiger partial charge < -0.3 is 9.47 Å². The molecule has 1 aromatic rings. The van der Waals surface area contributed by atoms with Crippen molar-refractivity contribution in [3.05, 3.63) is 29.8 Å². The summed E-state index contributed by atoms with van der Waals surface area (Å²) < 4.78 is 10.1. The molecule has 0 heterocycles. The molecule has 3 nitrogen and oxygen atoms in total. The van der Waals surface area contributed by atoms with Crippen LogP contribution in [-0.2, 0) is 16.0 Å². The highest BCUT2D eigenvalue weighted by Crippen LogP contribution is 2.13. The lowest BCUT2D eigenvalue weighted by Crippen LogP contribution is -2.19. The number of hydrogen-bond donors (Lipinski definition) is 0. The Kier molecular flexibility index (Phi) is 4.83. The maximum atomic E-state index is 11.1. The van der Waals surface area contributed by atoms with Crippen LogP contribution in [0.15, 0.2) is 24.3 Å². The lowest BCUT2D eigenvalue weighted by molar-refractivity contribution is -0.145. The highest BCUT2D eigenvalue weighted by atomic mass is 16.5. The Morgan fingerprint density at radius 2 is 1.94 bits per heavy atom. The predicted octanol–water partition coefficient (Wildman–Crippen LogP) is 2.44. The van der Waals surface area contributed by atoms with Gasteiger partial charge in [0, 0.05) is 0 Å². The largest absolute Gasteiger partial charge is 0.493 e. The molecule has 1 rings (SSSR count).